The first kappa shape index (κ1) is 14.4. The van der Waals surface area contributed by atoms with Gasteiger partial charge in [0, 0.05) is 0 Å². The lowest BCUT2D eigenvalue weighted by molar-refractivity contribution is -0.118. The van der Waals surface area contributed by atoms with Crippen molar-refractivity contribution in [1.29, 1.82) is 0 Å². The van der Waals surface area contributed by atoms with Gasteiger partial charge in [-0.1, -0.05) is 36.8 Å². The molecule has 1 aromatic rings. The highest BCUT2D eigenvalue weighted by Gasteiger charge is 2.20. The van der Waals surface area contributed by atoms with Crippen molar-refractivity contribution in [3.8, 4) is 0 Å². The molecule has 1 amide bonds. The first-order chi connectivity index (χ1) is 7.97. The van der Waals surface area contributed by atoms with Crippen LogP contribution in [0.2, 0.25) is 5.02 Å². The van der Waals surface area contributed by atoms with Crippen molar-refractivity contribution >= 4 is 56.3 Å². The molecule has 0 aromatic heterocycles. The highest BCUT2D eigenvalue weighted by Crippen LogP contribution is 2.30. The van der Waals surface area contributed by atoms with Crippen LogP contribution in [0.4, 0.5) is 5.69 Å². The van der Waals surface area contributed by atoms with Crippen molar-refractivity contribution in [3.05, 3.63) is 27.7 Å². The van der Waals surface area contributed by atoms with Gasteiger partial charge in [0.15, 0.2) is 0 Å². The smallest absolute Gasteiger partial charge is 0.234 e. The Kier molecular flexibility index (Phi) is 5.36. The highest BCUT2D eigenvalue weighted by molar-refractivity contribution is 9.10. The van der Waals surface area contributed by atoms with E-state index in [1.807, 2.05) is 6.92 Å². The molecule has 0 spiro atoms. The predicted octanol–water partition coefficient (Wildman–Crippen LogP) is 3.35. The standard InChI is InChI=1S/C11H12BrClN2OS/c1-2-6(10(14)17)11(16)15-8-5-3-4-7(13)9(8)12/h3-6H,2H2,1H3,(H2,14,17)(H,15,16). The van der Waals surface area contributed by atoms with E-state index < -0.39 is 5.92 Å². The van der Waals surface area contributed by atoms with E-state index in [1.54, 1.807) is 18.2 Å². The number of halogens is 2. The molecule has 0 aliphatic rings. The molecule has 0 aliphatic carbocycles. The zero-order chi connectivity index (χ0) is 13.0. The molecule has 0 saturated carbocycles. The van der Waals surface area contributed by atoms with Crippen LogP contribution in [0.3, 0.4) is 0 Å². The predicted molar refractivity (Wildman–Crippen MR) is 78.3 cm³/mol. The van der Waals surface area contributed by atoms with Gasteiger partial charge in [-0.3, -0.25) is 4.79 Å². The molecule has 1 aromatic carbocycles. The van der Waals surface area contributed by atoms with Crippen molar-refractivity contribution in [2.45, 2.75) is 13.3 Å². The molecule has 92 valence electrons. The van der Waals surface area contributed by atoms with Gasteiger partial charge in [0.2, 0.25) is 5.91 Å². The number of carbonyl (C=O) groups excluding carboxylic acids is 1. The maximum absolute atomic E-state index is 11.9. The molecule has 0 heterocycles. The molecule has 0 fully saturated rings. The van der Waals surface area contributed by atoms with Crippen LogP contribution in [0, 0.1) is 5.92 Å². The minimum atomic E-state index is -0.462. The van der Waals surface area contributed by atoms with Crippen LogP contribution >= 0.6 is 39.7 Å². The lowest BCUT2D eigenvalue weighted by atomic mass is 10.1. The summed E-state index contributed by atoms with van der Waals surface area (Å²) in [6.45, 7) is 1.86. The van der Waals surface area contributed by atoms with E-state index in [2.05, 4.69) is 21.2 Å². The number of nitrogens with two attached hydrogens (primary N) is 1. The van der Waals surface area contributed by atoms with Gasteiger partial charge in [-0.2, -0.15) is 0 Å². The van der Waals surface area contributed by atoms with E-state index in [9.17, 15) is 4.79 Å². The van der Waals surface area contributed by atoms with E-state index in [0.717, 1.165) is 0 Å². The second-order valence-electron chi connectivity index (χ2n) is 3.45. The van der Waals surface area contributed by atoms with Crippen LogP contribution in [0.5, 0.6) is 0 Å². The van der Waals surface area contributed by atoms with E-state index in [4.69, 9.17) is 29.6 Å². The number of carbonyl (C=O) groups is 1. The SMILES string of the molecule is CCC(C(=O)Nc1cccc(Cl)c1Br)C(N)=S. The number of rotatable bonds is 4. The van der Waals surface area contributed by atoms with Gasteiger partial charge < -0.3 is 11.1 Å². The number of thiocarbonyl (C=S) groups is 1. The van der Waals surface area contributed by atoms with Gasteiger partial charge in [0.25, 0.3) is 0 Å². The molecule has 6 heteroatoms. The number of benzene rings is 1. The molecule has 0 bridgehead atoms. The fraction of sp³-hybridized carbons (Fsp3) is 0.273. The fourth-order valence-electron chi connectivity index (χ4n) is 1.34. The highest BCUT2D eigenvalue weighted by atomic mass is 79.9. The van der Waals surface area contributed by atoms with Gasteiger partial charge in [0.05, 0.1) is 26.1 Å². The Morgan fingerprint density at radius 3 is 2.82 bits per heavy atom. The van der Waals surface area contributed by atoms with Gasteiger partial charge in [-0.25, -0.2) is 0 Å². The Labute approximate surface area is 119 Å². The summed E-state index contributed by atoms with van der Waals surface area (Å²) in [5.74, 6) is -0.682. The van der Waals surface area contributed by atoms with E-state index in [1.165, 1.54) is 0 Å². The van der Waals surface area contributed by atoms with Crippen molar-refractivity contribution in [1.82, 2.24) is 0 Å². The normalized spacial score (nSPS) is 11.9. The van der Waals surface area contributed by atoms with Crippen LogP contribution < -0.4 is 11.1 Å². The van der Waals surface area contributed by atoms with Crippen molar-refractivity contribution < 1.29 is 4.79 Å². The summed E-state index contributed by atoms with van der Waals surface area (Å²) in [6, 6.07) is 5.23. The summed E-state index contributed by atoms with van der Waals surface area (Å²) in [4.78, 5) is 12.1. The summed E-state index contributed by atoms with van der Waals surface area (Å²) < 4.78 is 0.646. The summed E-state index contributed by atoms with van der Waals surface area (Å²) >= 11 is 14.1. The van der Waals surface area contributed by atoms with Crippen LogP contribution in [0.15, 0.2) is 22.7 Å². The van der Waals surface area contributed by atoms with E-state index >= 15 is 0 Å². The Morgan fingerprint density at radius 2 is 2.29 bits per heavy atom. The molecule has 0 aliphatic heterocycles. The Morgan fingerprint density at radius 1 is 1.65 bits per heavy atom. The average molecular weight is 336 g/mol. The molecule has 17 heavy (non-hydrogen) atoms. The van der Waals surface area contributed by atoms with Crippen LogP contribution in [-0.4, -0.2) is 10.9 Å². The van der Waals surface area contributed by atoms with Gasteiger partial charge >= 0.3 is 0 Å². The first-order valence-corrected chi connectivity index (χ1v) is 6.59. The summed E-state index contributed by atoms with van der Waals surface area (Å²) in [7, 11) is 0. The molecule has 1 unspecified atom stereocenters. The molecule has 1 rings (SSSR count). The molecule has 0 radical (unpaired) electrons. The minimum Gasteiger partial charge on any atom is -0.393 e. The van der Waals surface area contributed by atoms with E-state index in [0.29, 0.717) is 21.6 Å². The van der Waals surface area contributed by atoms with Gasteiger partial charge in [-0.05, 0) is 34.5 Å². The number of amides is 1. The summed E-state index contributed by atoms with van der Waals surface area (Å²) in [6.07, 6.45) is 0.569. The second kappa shape index (κ2) is 6.33. The van der Waals surface area contributed by atoms with E-state index in [-0.39, 0.29) is 10.9 Å². The Bertz CT molecular complexity index is 453. The molecular formula is C11H12BrClN2OS. The third kappa shape index (κ3) is 3.66. The monoisotopic (exact) mass is 334 g/mol. The first-order valence-electron chi connectivity index (χ1n) is 5.01. The minimum absolute atomic E-state index is 0.197. The third-order valence-corrected chi connectivity index (χ3v) is 3.96. The van der Waals surface area contributed by atoms with Crippen molar-refractivity contribution in [3.63, 3.8) is 0 Å². The summed E-state index contributed by atoms with van der Waals surface area (Å²) in [5, 5.41) is 3.28. The quantitative estimate of drug-likeness (QED) is 0.830. The number of anilines is 1. The molecule has 0 saturated heterocycles. The third-order valence-electron chi connectivity index (χ3n) is 2.28. The van der Waals surface area contributed by atoms with Crippen LogP contribution in [-0.2, 0) is 4.79 Å². The fourth-order valence-corrected chi connectivity index (χ4v) is 2.15. The summed E-state index contributed by atoms with van der Waals surface area (Å²) in [5.41, 5.74) is 6.11. The molecule has 3 N–H and O–H groups in total. The maximum Gasteiger partial charge on any atom is 0.234 e. The number of hydrogen-bond acceptors (Lipinski definition) is 2. The lowest BCUT2D eigenvalue weighted by Crippen LogP contribution is -2.32. The van der Waals surface area contributed by atoms with Gasteiger partial charge in [-0.15, -0.1) is 0 Å². The van der Waals surface area contributed by atoms with Crippen LogP contribution in [0.1, 0.15) is 13.3 Å². The van der Waals surface area contributed by atoms with Crippen molar-refractivity contribution in [2.24, 2.45) is 11.7 Å². The Balaban J connectivity index is 2.88. The topological polar surface area (TPSA) is 55.1 Å². The number of hydrogen-bond donors (Lipinski definition) is 2. The van der Waals surface area contributed by atoms with Crippen molar-refractivity contribution in [2.75, 3.05) is 5.32 Å². The largest absolute Gasteiger partial charge is 0.393 e. The average Bonchev–Trinajstić information content (AvgIpc) is 2.25. The molecule has 1 atom stereocenters. The second-order valence-corrected chi connectivity index (χ2v) is 5.13. The maximum atomic E-state index is 11.9. The van der Waals surface area contributed by atoms with Crippen LogP contribution in [0.25, 0.3) is 0 Å². The lowest BCUT2D eigenvalue weighted by Gasteiger charge is -2.14. The molecule has 3 nitrogen and oxygen atoms in total. The van der Waals surface area contributed by atoms with Gasteiger partial charge in [0.1, 0.15) is 0 Å². The zero-order valence-electron chi connectivity index (χ0n) is 9.17. The Hall–Kier alpha value is -0.650. The zero-order valence-corrected chi connectivity index (χ0v) is 12.3. The molecular weight excluding hydrogens is 324 g/mol. The number of nitrogens with one attached hydrogen (secondary N) is 1.